The number of allylic oxidation sites excluding steroid dienone is 4. The van der Waals surface area contributed by atoms with E-state index in [1.165, 1.54) is 11.1 Å². The van der Waals surface area contributed by atoms with Gasteiger partial charge >= 0.3 is 0 Å². The van der Waals surface area contributed by atoms with E-state index in [2.05, 4.69) is 60.4 Å². The number of nitrogens with zero attached hydrogens (tertiary/aromatic N) is 2. The van der Waals surface area contributed by atoms with Crippen molar-refractivity contribution in [3.8, 4) is 0 Å². The monoisotopic (exact) mass is 352 g/mol. The molecule has 0 amide bonds. The zero-order valence-corrected chi connectivity index (χ0v) is 15.5. The lowest BCUT2D eigenvalue weighted by Crippen LogP contribution is -2.14. The topological polar surface area (TPSA) is 15.6 Å². The molecule has 2 nitrogen and oxygen atoms in total. The second-order valence-corrected chi connectivity index (χ2v) is 6.51. The fourth-order valence-electron chi connectivity index (χ4n) is 2.53. The molecule has 126 valence electrons. The highest BCUT2D eigenvalue weighted by molar-refractivity contribution is 6.32. The molecule has 4 heteroatoms. The number of aryl methyl sites for hydroxylation is 1. The van der Waals surface area contributed by atoms with E-state index < -0.39 is 0 Å². The highest BCUT2D eigenvalue weighted by atomic mass is 35.5. The molecule has 1 aromatic rings. The normalized spacial score (nSPS) is 16.1. The largest absolute Gasteiger partial charge is 0.309 e. The van der Waals surface area contributed by atoms with Gasteiger partial charge in [0.2, 0.25) is 0 Å². The number of aliphatic imine (C=N–C) groups is 1. The Morgan fingerprint density at radius 1 is 1.09 bits per heavy atom. The van der Waals surface area contributed by atoms with E-state index in [1.807, 2.05) is 6.08 Å². The van der Waals surface area contributed by atoms with E-state index in [-0.39, 0.29) is 12.4 Å². The molecule has 2 rings (SSSR count). The number of hydrogen-bond donors (Lipinski definition) is 0. The molecule has 0 N–H and O–H groups in total. The summed E-state index contributed by atoms with van der Waals surface area (Å²) in [5, 5.41) is 0.900. The van der Waals surface area contributed by atoms with E-state index in [1.54, 1.807) is 0 Å². The Balaban J connectivity index is 0.00000264. The number of benzene rings is 1. The second kappa shape index (κ2) is 10.6. The fraction of sp³-hybridized carbons (Fsp3) is 0.421. The predicted octanol–water partition coefficient (Wildman–Crippen LogP) is 4.89. The van der Waals surface area contributed by atoms with Gasteiger partial charge in [0.05, 0.1) is 5.71 Å². The van der Waals surface area contributed by atoms with Crippen LogP contribution in [-0.4, -0.2) is 37.8 Å². The average Bonchev–Trinajstić information content (AvgIpc) is 2.50. The van der Waals surface area contributed by atoms with Crippen molar-refractivity contribution in [2.45, 2.75) is 25.7 Å². The maximum atomic E-state index is 6.28. The lowest BCUT2D eigenvalue weighted by Gasteiger charge is -2.13. The molecule has 1 aliphatic carbocycles. The smallest absolute Gasteiger partial charge is 0.0585 e. The summed E-state index contributed by atoms with van der Waals surface area (Å²) in [6, 6.07) is 10.6. The molecule has 0 fully saturated rings. The van der Waals surface area contributed by atoms with Gasteiger partial charge in [0.25, 0.3) is 0 Å². The van der Waals surface area contributed by atoms with Gasteiger partial charge in [0, 0.05) is 18.0 Å². The lowest BCUT2D eigenvalue weighted by atomic mass is 9.97. The van der Waals surface area contributed by atoms with Gasteiger partial charge in [0.15, 0.2) is 0 Å². The van der Waals surface area contributed by atoms with E-state index >= 15 is 0 Å². The fourth-order valence-corrected chi connectivity index (χ4v) is 2.81. The van der Waals surface area contributed by atoms with Gasteiger partial charge < -0.3 is 4.90 Å². The van der Waals surface area contributed by atoms with Gasteiger partial charge in [-0.05, 0) is 57.6 Å². The predicted molar refractivity (Wildman–Crippen MR) is 104 cm³/mol. The Kier molecular flexibility index (Phi) is 9.23. The Morgan fingerprint density at radius 3 is 2.52 bits per heavy atom. The minimum Gasteiger partial charge on any atom is -0.309 e. The van der Waals surface area contributed by atoms with E-state index in [0.717, 1.165) is 49.5 Å². The van der Waals surface area contributed by atoms with Crippen LogP contribution < -0.4 is 0 Å². The summed E-state index contributed by atoms with van der Waals surface area (Å²) in [5.74, 6) is 0. The molecule has 0 bridgehead atoms. The van der Waals surface area contributed by atoms with E-state index in [9.17, 15) is 0 Å². The van der Waals surface area contributed by atoms with Crippen LogP contribution in [0.4, 0.5) is 0 Å². The first-order valence-electron chi connectivity index (χ1n) is 7.92. The number of halogens is 2. The molecule has 0 spiro atoms. The van der Waals surface area contributed by atoms with Crippen molar-refractivity contribution >= 4 is 29.7 Å². The number of rotatable bonds is 7. The molecule has 0 heterocycles. The van der Waals surface area contributed by atoms with Crippen LogP contribution in [0.25, 0.3) is 0 Å². The SMILES string of the molecule is CN(C)CCCN=C1C=C(Cl)CC(CCc2ccccc2)=C1.Cl. The molecule has 1 aromatic carbocycles. The molecule has 0 atom stereocenters. The van der Waals surface area contributed by atoms with Crippen LogP contribution >= 0.6 is 24.0 Å². The van der Waals surface area contributed by atoms with Crippen LogP contribution in [0, 0.1) is 0 Å². The van der Waals surface area contributed by atoms with Crippen molar-refractivity contribution in [1.29, 1.82) is 0 Å². The summed E-state index contributed by atoms with van der Waals surface area (Å²) in [6.45, 7) is 1.93. The Hall–Kier alpha value is -1.09. The molecule has 0 radical (unpaired) electrons. The van der Waals surface area contributed by atoms with Crippen LogP contribution in [0.5, 0.6) is 0 Å². The van der Waals surface area contributed by atoms with Crippen molar-refractivity contribution in [3.05, 3.63) is 58.7 Å². The van der Waals surface area contributed by atoms with Crippen LogP contribution in [0.1, 0.15) is 24.8 Å². The summed E-state index contributed by atoms with van der Waals surface area (Å²) in [6.07, 6.45) is 8.27. The molecule has 23 heavy (non-hydrogen) atoms. The van der Waals surface area contributed by atoms with E-state index in [4.69, 9.17) is 11.6 Å². The molecule has 0 aliphatic heterocycles. The quantitative estimate of drug-likeness (QED) is 0.638. The third kappa shape index (κ3) is 7.83. The van der Waals surface area contributed by atoms with Gasteiger partial charge in [-0.2, -0.15) is 0 Å². The Morgan fingerprint density at radius 2 is 1.83 bits per heavy atom. The minimum absolute atomic E-state index is 0. The molecular weight excluding hydrogens is 327 g/mol. The summed E-state index contributed by atoms with van der Waals surface area (Å²) in [5.41, 5.74) is 3.78. The van der Waals surface area contributed by atoms with Crippen LogP contribution in [0.3, 0.4) is 0 Å². The highest BCUT2D eigenvalue weighted by Crippen LogP contribution is 2.24. The first kappa shape index (κ1) is 20.0. The molecule has 0 unspecified atom stereocenters. The standard InChI is InChI=1S/C19H25ClN2.ClH/c1-22(2)12-6-11-21-19-14-17(13-18(20)15-19)10-9-16-7-4-3-5-8-16;/h3-5,7-8,14-15H,6,9-13H2,1-2H3;1H. The molecule has 1 aliphatic rings. The third-order valence-electron chi connectivity index (χ3n) is 3.69. The first-order chi connectivity index (χ1) is 10.6. The first-order valence-corrected chi connectivity index (χ1v) is 8.30. The van der Waals surface area contributed by atoms with Gasteiger partial charge in [-0.1, -0.05) is 47.5 Å². The van der Waals surface area contributed by atoms with Crippen molar-refractivity contribution in [1.82, 2.24) is 4.90 Å². The third-order valence-corrected chi connectivity index (χ3v) is 3.93. The molecule has 0 saturated carbocycles. The summed E-state index contributed by atoms with van der Waals surface area (Å²) >= 11 is 6.28. The Bertz CT molecular complexity index is 560. The van der Waals surface area contributed by atoms with Gasteiger partial charge in [-0.25, -0.2) is 0 Å². The van der Waals surface area contributed by atoms with Crippen molar-refractivity contribution in [2.24, 2.45) is 4.99 Å². The second-order valence-electron chi connectivity index (χ2n) is 6.02. The lowest BCUT2D eigenvalue weighted by molar-refractivity contribution is 0.403. The summed E-state index contributed by atoms with van der Waals surface area (Å²) in [4.78, 5) is 6.85. The van der Waals surface area contributed by atoms with Crippen molar-refractivity contribution < 1.29 is 0 Å². The number of hydrogen-bond acceptors (Lipinski definition) is 2. The van der Waals surface area contributed by atoms with Gasteiger partial charge in [0.1, 0.15) is 0 Å². The zero-order valence-electron chi connectivity index (χ0n) is 14.0. The maximum Gasteiger partial charge on any atom is 0.0585 e. The molecule has 0 saturated heterocycles. The van der Waals surface area contributed by atoms with Gasteiger partial charge in [-0.3, -0.25) is 4.99 Å². The van der Waals surface area contributed by atoms with Crippen LogP contribution in [-0.2, 0) is 6.42 Å². The van der Waals surface area contributed by atoms with Crippen molar-refractivity contribution in [2.75, 3.05) is 27.2 Å². The Labute approximate surface area is 151 Å². The maximum absolute atomic E-state index is 6.28. The van der Waals surface area contributed by atoms with Crippen LogP contribution in [0.15, 0.2) is 58.1 Å². The van der Waals surface area contributed by atoms with Gasteiger partial charge in [-0.15, -0.1) is 12.4 Å². The minimum atomic E-state index is 0. The average molecular weight is 353 g/mol. The molecule has 0 aromatic heterocycles. The zero-order chi connectivity index (χ0) is 15.8. The highest BCUT2D eigenvalue weighted by Gasteiger charge is 2.09. The summed E-state index contributed by atoms with van der Waals surface area (Å²) in [7, 11) is 4.18. The summed E-state index contributed by atoms with van der Waals surface area (Å²) < 4.78 is 0. The molecular formula is C19H26Cl2N2. The van der Waals surface area contributed by atoms with E-state index in [0.29, 0.717) is 0 Å². The van der Waals surface area contributed by atoms with Crippen molar-refractivity contribution in [3.63, 3.8) is 0 Å². The van der Waals surface area contributed by atoms with Crippen LogP contribution in [0.2, 0.25) is 0 Å².